The van der Waals surface area contributed by atoms with Crippen LogP contribution in [-0.4, -0.2) is 15.0 Å². The van der Waals surface area contributed by atoms with Crippen LogP contribution in [0.1, 0.15) is 19.0 Å². The second kappa shape index (κ2) is 5.25. The van der Waals surface area contributed by atoms with Crippen molar-refractivity contribution in [2.45, 2.75) is 19.8 Å². The highest BCUT2D eigenvalue weighted by Crippen LogP contribution is 2.23. The van der Waals surface area contributed by atoms with Crippen molar-refractivity contribution in [1.82, 2.24) is 15.0 Å². The minimum Gasteiger partial charge on any atom is -0.306 e. The summed E-state index contributed by atoms with van der Waals surface area (Å²) < 4.78 is 0. The first-order valence-corrected chi connectivity index (χ1v) is 6.72. The van der Waals surface area contributed by atoms with Crippen LogP contribution in [0.4, 0.5) is 0 Å². The first-order valence-electron chi connectivity index (χ1n) is 6.72. The number of para-hydroxylation sites is 1. The van der Waals surface area contributed by atoms with Gasteiger partial charge in [-0.25, -0.2) is 4.98 Å². The fourth-order valence-corrected chi connectivity index (χ4v) is 2.32. The van der Waals surface area contributed by atoms with Crippen molar-refractivity contribution in [2.24, 2.45) is 0 Å². The van der Waals surface area contributed by atoms with Gasteiger partial charge in [-0.15, -0.1) is 0 Å². The number of benzene rings is 1. The predicted octanol–water partition coefficient (Wildman–Crippen LogP) is 2.94. The van der Waals surface area contributed by atoms with Crippen LogP contribution in [-0.2, 0) is 6.42 Å². The number of nitrogens with one attached hydrogen (secondary N) is 1. The van der Waals surface area contributed by atoms with Gasteiger partial charge in [0, 0.05) is 28.9 Å². The topological polar surface area (TPSA) is 58.6 Å². The number of aryl methyl sites for hydroxylation is 1. The zero-order valence-corrected chi connectivity index (χ0v) is 11.3. The molecular formula is C16H15N3O. The molecule has 1 N–H and O–H groups in total. The van der Waals surface area contributed by atoms with Crippen LogP contribution in [0.15, 0.2) is 47.4 Å². The van der Waals surface area contributed by atoms with Gasteiger partial charge in [-0.1, -0.05) is 31.5 Å². The van der Waals surface area contributed by atoms with E-state index in [1.165, 1.54) is 0 Å². The number of aromatic amines is 1. The molecule has 4 heteroatoms. The number of nitrogens with zero attached hydrogens (tertiary/aromatic N) is 2. The molecule has 3 rings (SSSR count). The minimum atomic E-state index is -0.112. The third kappa shape index (κ3) is 2.32. The van der Waals surface area contributed by atoms with E-state index in [-0.39, 0.29) is 5.56 Å². The van der Waals surface area contributed by atoms with E-state index in [2.05, 4.69) is 21.9 Å². The second-order valence-corrected chi connectivity index (χ2v) is 4.71. The fraction of sp³-hybridized carbons (Fsp3) is 0.188. The summed E-state index contributed by atoms with van der Waals surface area (Å²) in [6.45, 7) is 2.07. The van der Waals surface area contributed by atoms with Gasteiger partial charge in [0.2, 0.25) is 0 Å². The molecule has 20 heavy (non-hydrogen) atoms. The maximum Gasteiger partial charge on any atom is 0.251 e. The number of hydrogen-bond acceptors (Lipinski definition) is 3. The highest BCUT2D eigenvalue weighted by atomic mass is 16.1. The molecule has 3 aromatic rings. The molecule has 0 radical (unpaired) electrons. The molecule has 0 amide bonds. The summed E-state index contributed by atoms with van der Waals surface area (Å²) in [4.78, 5) is 23.5. The molecule has 1 aromatic carbocycles. The number of pyridine rings is 1. The summed E-state index contributed by atoms with van der Waals surface area (Å²) in [5.74, 6) is 0.611. The van der Waals surface area contributed by atoms with Gasteiger partial charge in [0.1, 0.15) is 5.82 Å². The Labute approximate surface area is 116 Å². The molecular weight excluding hydrogens is 250 g/mol. The average molecular weight is 265 g/mol. The van der Waals surface area contributed by atoms with Crippen LogP contribution in [0.25, 0.3) is 22.3 Å². The van der Waals surface area contributed by atoms with Gasteiger partial charge in [-0.2, -0.15) is 0 Å². The summed E-state index contributed by atoms with van der Waals surface area (Å²) in [5, 5.41) is 0.992. The molecule has 2 aromatic heterocycles. The monoisotopic (exact) mass is 265 g/mol. The summed E-state index contributed by atoms with van der Waals surface area (Å²) in [5.41, 5.74) is 2.52. The third-order valence-electron chi connectivity index (χ3n) is 3.21. The predicted molar refractivity (Wildman–Crippen MR) is 79.6 cm³/mol. The van der Waals surface area contributed by atoms with Gasteiger partial charge >= 0.3 is 0 Å². The van der Waals surface area contributed by atoms with Crippen LogP contribution in [0.2, 0.25) is 0 Å². The van der Waals surface area contributed by atoms with Gasteiger partial charge in [0.15, 0.2) is 0 Å². The Hall–Kier alpha value is -2.49. The van der Waals surface area contributed by atoms with E-state index in [4.69, 9.17) is 0 Å². The Balaban J connectivity index is 2.23. The van der Waals surface area contributed by atoms with Crippen LogP contribution >= 0.6 is 0 Å². The van der Waals surface area contributed by atoms with Gasteiger partial charge < -0.3 is 4.98 Å². The van der Waals surface area contributed by atoms with Crippen molar-refractivity contribution in [3.63, 3.8) is 0 Å². The average Bonchev–Trinajstić information content (AvgIpc) is 2.46. The maximum absolute atomic E-state index is 11.8. The zero-order valence-electron chi connectivity index (χ0n) is 11.3. The van der Waals surface area contributed by atoms with Gasteiger partial charge in [-0.05, 0) is 18.6 Å². The highest BCUT2D eigenvalue weighted by molar-refractivity contribution is 5.92. The Morgan fingerprint density at radius 2 is 2.05 bits per heavy atom. The standard InChI is InChI=1S/C16H15N3O/c1-2-5-11-10-15(20)19-16(18-11)13-8-9-17-14-7-4-3-6-12(13)14/h3-4,6-10H,2,5H2,1H3,(H,18,19,20). The van der Waals surface area contributed by atoms with Crippen LogP contribution in [0.5, 0.6) is 0 Å². The lowest BCUT2D eigenvalue weighted by molar-refractivity contribution is 0.870. The van der Waals surface area contributed by atoms with E-state index in [1.54, 1.807) is 12.3 Å². The van der Waals surface area contributed by atoms with Crippen molar-refractivity contribution in [1.29, 1.82) is 0 Å². The summed E-state index contributed by atoms with van der Waals surface area (Å²) >= 11 is 0. The van der Waals surface area contributed by atoms with E-state index in [0.717, 1.165) is 35.0 Å². The molecule has 0 unspecified atom stereocenters. The van der Waals surface area contributed by atoms with Gasteiger partial charge in [0.05, 0.1) is 5.52 Å². The SMILES string of the molecule is CCCc1cc(=O)[nH]c(-c2ccnc3ccccc23)n1. The lowest BCUT2D eigenvalue weighted by atomic mass is 10.1. The number of fused-ring (bicyclic) bond motifs is 1. The normalized spacial score (nSPS) is 10.8. The number of H-pyrrole nitrogens is 1. The fourth-order valence-electron chi connectivity index (χ4n) is 2.32. The van der Waals surface area contributed by atoms with E-state index in [9.17, 15) is 4.79 Å². The molecule has 0 saturated carbocycles. The molecule has 4 nitrogen and oxygen atoms in total. The van der Waals surface area contributed by atoms with Crippen molar-refractivity contribution in [2.75, 3.05) is 0 Å². The first-order chi connectivity index (χ1) is 9.78. The molecule has 0 atom stereocenters. The maximum atomic E-state index is 11.8. The Kier molecular flexibility index (Phi) is 3.29. The van der Waals surface area contributed by atoms with Gasteiger partial charge in [-0.3, -0.25) is 9.78 Å². The second-order valence-electron chi connectivity index (χ2n) is 4.71. The van der Waals surface area contributed by atoms with Crippen molar-refractivity contribution in [3.8, 4) is 11.4 Å². The lowest BCUT2D eigenvalue weighted by Crippen LogP contribution is -2.10. The highest BCUT2D eigenvalue weighted by Gasteiger charge is 2.08. The Morgan fingerprint density at radius 3 is 2.90 bits per heavy atom. The van der Waals surface area contributed by atoms with E-state index in [1.807, 2.05) is 30.3 Å². The molecule has 0 fully saturated rings. The third-order valence-corrected chi connectivity index (χ3v) is 3.21. The van der Waals surface area contributed by atoms with Crippen LogP contribution in [0, 0.1) is 0 Å². The molecule has 2 heterocycles. The molecule has 0 spiro atoms. The van der Waals surface area contributed by atoms with E-state index < -0.39 is 0 Å². The number of rotatable bonds is 3. The van der Waals surface area contributed by atoms with Crippen molar-refractivity contribution >= 4 is 10.9 Å². The number of aromatic nitrogens is 3. The quantitative estimate of drug-likeness (QED) is 0.792. The van der Waals surface area contributed by atoms with E-state index >= 15 is 0 Å². The Morgan fingerprint density at radius 1 is 1.20 bits per heavy atom. The van der Waals surface area contributed by atoms with E-state index in [0.29, 0.717) is 5.82 Å². The lowest BCUT2D eigenvalue weighted by Gasteiger charge is -2.06. The molecule has 0 aliphatic carbocycles. The molecule has 100 valence electrons. The summed E-state index contributed by atoms with van der Waals surface area (Å²) in [6, 6.07) is 11.3. The van der Waals surface area contributed by atoms with Crippen molar-refractivity contribution in [3.05, 3.63) is 58.6 Å². The minimum absolute atomic E-state index is 0.112. The smallest absolute Gasteiger partial charge is 0.251 e. The number of hydrogen-bond donors (Lipinski definition) is 1. The molecule has 0 saturated heterocycles. The first kappa shape index (κ1) is 12.5. The largest absolute Gasteiger partial charge is 0.306 e. The Bertz CT molecular complexity index is 803. The molecule has 0 aliphatic heterocycles. The molecule has 0 bridgehead atoms. The van der Waals surface area contributed by atoms with Gasteiger partial charge in [0.25, 0.3) is 5.56 Å². The zero-order chi connectivity index (χ0) is 13.9. The van der Waals surface area contributed by atoms with Crippen molar-refractivity contribution < 1.29 is 0 Å². The summed E-state index contributed by atoms with van der Waals surface area (Å²) in [7, 11) is 0. The van der Waals surface area contributed by atoms with Crippen LogP contribution in [0.3, 0.4) is 0 Å². The summed E-state index contributed by atoms with van der Waals surface area (Å²) in [6.07, 6.45) is 3.51. The van der Waals surface area contributed by atoms with Crippen LogP contribution < -0.4 is 5.56 Å². The molecule has 0 aliphatic rings.